The van der Waals surface area contributed by atoms with Gasteiger partial charge in [0.25, 0.3) is 0 Å². The molecule has 0 aliphatic heterocycles. The van der Waals surface area contributed by atoms with Crippen LogP contribution in [0.1, 0.15) is 0 Å². The lowest BCUT2D eigenvalue weighted by Gasteiger charge is -2.16. The molecule has 0 atom stereocenters. The zero-order valence-electron chi connectivity index (χ0n) is 12.4. The monoisotopic (exact) mass is 436 g/mol. The number of nitrogens with one attached hydrogen (secondary N) is 2. The molecule has 2 nitrogen and oxygen atoms in total. The molecule has 0 saturated carbocycles. The SMILES string of the molecule is N=c1c(Br)c2c3cccc4cccc(c5c(Br)ccc(c1=N)c52)c43. The topological polar surface area (TPSA) is 47.7 Å². The smallest absolute Gasteiger partial charge is 0.0944 e. The molecule has 5 aromatic rings. The van der Waals surface area contributed by atoms with Crippen molar-refractivity contribution >= 4 is 74.9 Å². The molecule has 0 radical (unpaired) electrons. The lowest BCUT2D eigenvalue weighted by Crippen LogP contribution is -2.25. The molecule has 4 heteroatoms. The van der Waals surface area contributed by atoms with Crippen LogP contribution in [0.5, 0.6) is 0 Å². The van der Waals surface area contributed by atoms with E-state index in [4.69, 9.17) is 10.8 Å². The van der Waals surface area contributed by atoms with Gasteiger partial charge in [-0.15, -0.1) is 0 Å². The molecule has 0 saturated heterocycles. The van der Waals surface area contributed by atoms with Gasteiger partial charge in [0.05, 0.1) is 15.2 Å². The second-order valence-corrected chi connectivity index (χ2v) is 7.64. The summed E-state index contributed by atoms with van der Waals surface area (Å²) in [5, 5.41) is 25.9. The van der Waals surface area contributed by atoms with Crippen molar-refractivity contribution < 1.29 is 0 Å². The van der Waals surface area contributed by atoms with E-state index in [1.807, 2.05) is 12.1 Å². The summed E-state index contributed by atoms with van der Waals surface area (Å²) in [6.07, 6.45) is 0. The number of halogens is 2. The van der Waals surface area contributed by atoms with Gasteiger partial charge in [-0.05, 0) is 43.5 Å². The van der Waals surface area contributed by atoms with Gasteiger partial charge in [0.2, 0.25) is 0 Å². The first-order valence-electron chi connectivity index (χ1n) is 7.53. The Balaban J connectivity index is 2.39. The summed E-state index contributed by atoms with van der Waals surface area (Å²) < 4.78 is 1.71. The molecule has 0 amide bonds. The van der Waals surface area contributed by atoms with E-state index >= 15 is 0 Å². The lowest BCUT2D eigenvalue weighted by atomic mass is 9.89. The molecule has 0 heterocycles. The van der Waals surface area contributed by atoms with Crippen LogP contribution in [0.2, 0.25) is 0 Å². The Morgan fingerprint density at radius 1 is 0.583 bits per heavy atom. The fourth-order valence-corrected chi connectivity index (χ4v) is 4.95. The Kier molecular flexibility index (Phi) is 2.83. The molecule has 0 aromatic heterocycles. The van der Waals surface area contributed by atoms with Gasteiger partial charge in [0, 0.05) is 26.0 Å². The van der Waals surface area contributed by atoms with Crippen molar-refractivity contribution in [3.05, 3.63) is 68.2 Å². The van der Waals surface area contributed by atoms with E-state index in [-0.39, 0.29) is 10.7 Å². The van der Waals surface area contributed by atoms with Crippen LogP contribution < -0.4 is 10.7 Å². The molecule has 0 unspecified atom stereocenters. The predicted octanol–water partition coefficient (Wildman–Crippen LogP) is 5.66. The van der Waals surface area contributed by atoms with E-state index in [2.05, 4.69) is 68.3 Å². The minimum absolute atomic E-state index is 0.238. The normalized spacial score (nSPS) is 12.1. The highest BCUT2D eigenvalue weighted by molar-refractivity contribution is 9.11. The third kappa shape index (κ3) is 1.60. The first-order valence-corrected chi connectivity index (χ1v) is 9.11. The van der Waals surface area contributed by atoms with E-state index in [1.165, 1.54) is 16.2 Å². The molecule has 5 rings (SSSR count). The van der Waals surface area contributed by atoms with Gasteiger partial charge in [-0.1, -0.05) is 58.4 Å². The summed E-state index contributed by atoms with van der Waals surface area (Å²) in [6.45, 7) is 0. The highest BCUT2D eigenvalue weighted by atomic mass is 79.9. The Labute approximate surface area is 153 Å². The van der Waals surface area contributed by atoms with Crippen molar-refractivity contribution in [2.45, 2.75) is 0 Å². The van der Waals surface area contributed by atoms with Crippen LogP contribution in [0.15, 0.2) is 57.5 Å². The van der Waals surface area contributed by atoms with Crippen LogP contribution in [-0.4, -0.2) is 0 Å². The quantitative estimate of drug-likeness (QED) is 0.232. The zero-order valence-corrected chi connectivity index (χ0v) is 15.5. The Bertz CT molecular complexity index is 1400. The van der Waals surface area contributed by atoms with Crippen LogP contribution in [0.4, 0.5) is 0 Å². The van der Waals surface area contributed by atoms with Crippen LogP contribution in [0, 0.1) is 10.8 Å². The van der Waals surface area contributed by atoms with Crippen molar-refractivity contribution in [1.29, 1.82) is 10.8 Å². The standard InChI is InChI=1S/C20H10Br2N2/c21-13-8-7-12-16-15(13)10-5-1-3-9-4-2-6-11(14(9)10)17(16)18(22)20(24)19(12)23/h1-8,23-24H. The summed E-state index contributed by atoms with van der Waals surface area (Å²) in [4.78, 5) is 0. The molecule has 0 aliphatic carbocycles. The molecule has 2 N–H and O–H groups in total. The van der Waals surface area contributed by atoms with Gasteiger partial charge in [-0.25, -0.2) is 0 Å². The maximum absolute atomic E-state index is 8.39. The second-order valence-electron chi connectivity index (χ2n) is 5.99. The van der Waals surface area contributed by atoms with Gasteiger partial charge in [-0.2, -0.15) is 0 Å². The van der Waals surface area contributed by atoms with Crippen LogP contribution in [0.25, 0.3) is 43.1 Å². The molecule has 0 fully saturated rings. The molecule has 24 heavy (non-hydrogen) atoms. The van der Waals surface area contributed by atoms with E-state index < -0.39 is 0 Å². The number of hydrogen-bond acceptors (Lipinski definition) is 2. The maximum Gasteiger partial charge on any atom is 0.0944 e. The first-order chi connectivity index (χ1) is 11.6. The maximum atomic E-state index is 8.39. The number of fused-ring (bicyclic) bond motifs is 2. The molecular formula is C20H10Br2N2. The average molecular weight is 438 g/mol. The highest BCUT2D eigenvalue weighted by Gasteiger charge is 2.18. The predicted molar refractivity (Wildman–Crippen MR) is 106 cm³/mol. The summed E-state index contributed by atoms with van der Waals surface area (Å²) in [7, 11) is 0. The number of hydrogen-bond donors (Lipinski definition) is 2. The third-order valence-corrected chi connectivity index (χ3v) is 6.26. The van der Waals surface area contributed by atoms with Gasteiger partial charge in [0.1, 0.15) is 0 Å². The van der Waals surface area contributed by atoms with Crippen molar-refractivity contribution in [3.8, 4) is 0 Å². The molecule has 5 aromatic carbocycles. The number of benzene rings is 5. The van der Waals surface area contributed by atoms with Crippen LogP contribution in [0.3, 0.4) is 0 Å². The number of rotatable bonds is 0. The van der Waals surface area contributed by atoms with Crippen molar-refractivity contribution in [1.82, 2.24) is 0 Å². The Hall–Kier alpha value is -2.04. The summed E-state index contributed by atoms with van der Waals surface area (Å²) >= 11 is 7.31. The minimum atomic E-state index is 0.238. The van der Waals surface area contributed by atoms with Crippen molar-refractivity contribution in [2.75, 3.05) is 0 Å². The van der Waals surface area contributed by atoms with Gasteiger partial charge in [0.15, 0.2) is 0 Å². The first kappa shape index (κ1) is 14.3. The van der Waals surface area contributed by atoms with Crippen molar-refractivity contribution in [2.24, 2.45) is 0 Å². The Morgan fingerprint density at radius 2 is 1.25 bits per heavy atom. The molecule has 0 spiro atoms. The van der Waals surface area contributed by atoms with Crippen LogP contribution >= 0.6 is 31.9 Å². The van der Waals surface area contributed by atoms with Crippen molar-refractivity contribution in [3.63, 3.8) is 0 Å². The minimum Gasteiger partial charge on any atom is -0.298 e. The van der Waals surface area contributed by atoms with Gasteiger partial charge < -0.3 is 0 Å². The molecular weight excluding hydrogens is 428 g/mol. The van der Waals surface area contributed by atoms with E-state index in [9.17, 15) is 0 Å². The second kappa shape index (κ2) is 4.74. The lowest BCUT2D eigenvalue weighted by molar-refractivity contribution is 1.15. The summed E-state index contributed by atoms with van der Waals surface area (Å²) in [5.41, 5.74) is 0. The average Bonchev–Trinajstić information content (AvgIpc) is 2.60. The van der Waals surface area contributed by atoms with Crippen LogP contribution in [-0.2, 0) is 0 Å². The highest BCUT2D eigenvalue weighted by Crippen LogP contribution is 2.43. The molecule has 0 bridgehead atoms. The fourth-order valence-electron chi connectivity index (χ4n) is 3.80. The van der Waals surface area contributed by atoms with E-state index in [0.717, 1.165) is 31.4 Å². The zero-order chi connectivity index (χ0) is 16.6. The van der Waals surface area contributed by atoms with E-state index in [1.54, 1.807) is 0 Å². The van der Waals surface area contributed by atoms with Gasteiger partial charge >= 0.3 is 0 Å². The molecule has 114 valence electrons. The van der Waals surface area contributed by atoms with Gasteiger partial charge in [-0.3, -0.25) is 10.8 Å². The van der Waals surface area contributed by atoms with E-state index in [0.29, 0.717) is 4.47 Å². The summed E-state index contributed by atoms with van der Waals surface area (Å²) in [6, 6.07) is 16.5. The third-order valence-electron chi connectivity index (χ3n) is 4.81. The largest absolute Gasteiger partial charge is 0.298 e. The molecule has 0 aliphatic rings. The summed E-state index contributed by atoms with van der Waals surface area (Å²) in [5.74, 6) is 0. The fraction of sp³-hybridized carbons (Fsp3) is 0. The Morgan fingerprint density at radius 3 is 1.96 bits per heavy atom.